The lowest BCUT2D eigenvalue weighted by Gasteiger charge is -2.42. The molecule has 2 saturated carbocycles. The van der Waals surface area contributed by atoms with E-state index >= 15 is 0 Å². The Hall–Kier alpha value is -2.06. The molecule has 2 aromatic rings. The second kappa shape index (κ2) is 10.5. The average molecular weight is 418 g/mol. The zero-order valence-corrected chi connectivity index (χ0v) is 19.4. The highest BCUT2D eigenvalue weighted by Crippen LogP contribution is 2.34. The first kappa shape index (κ1) is 22.1. The minimum Gasteiger partial charge on any atom is -0.507 e. The Labute approximate surface area is 189 Å². The molecule has 0 aromatic heterocycles. The number of phenolic OH excluding ortho intramolecular Hbond substituents is 1. The van der Waals surface area contributed by atoms with Crippen LogP contribution in [0.4, 0.5) is 0 Å². The van der Waals surface area contributed by atoms with Gasteiger partial charge in [-0.05, 0) is 73.9 Å². The van der Waals surface area contributed by atoms with Crippen LogP contribution >= 0.6 is 0 Å². The van der Waals surface area contributed by atoms with Crippen molar-refractivity contribution in [3.05, 3.63) is 64.7 Å². The Kier molecular flexibility index (Phi) is 7.50. The molecule has 0 saturated heterocycles. The minimum absolute atomic E-state index is 0.418. The van der Waals surface area contributed by atoms with E-state index in [2.05, 4.69) is 54.3 Å². The van der Waals surface area contributed by atoms with Crippen molar-refractivity contribution in [1.82, 2.24) is 4.90 Å². The first-order valence-electron chi connectivity index (χ1n) is 12.4. The summed E-state index contributed by atoms with van der Waals surface area (Å²) in [6, 6.07) is 16.4. The Balaban J connectivity index is 1.61. The fraction of sp³-hybridized carbons (Fsp3) is 0.517. The fourth-order valence-corrected chi connectivity index (χ4v) is 5.70. The van der Waals surface area contributed by atoms with Crippen LogP contribution in [0.15, 0.2) is 42.5 Å². The van der Waals surface area contributed by atoms with Crippen molar-refractivity contribution in [2.24, 2.45) is 0 Å². The predicted molar refractivity (Wildman–Crippen MR) is 132 cm³/mol. The summed E-state index contributed by atoms with van der Waals surface area (Å²) in [5.41, 5.74) is 5.67. The van der Waals surface area contributed by atoms with Gasteiger partial charge in [0.25, 0.3) is 0 Å². The molecule has 0 radical (unpaired) electrons. The third kappa shape index (κ3) is 5.60. The molecule has 31 heavy (non-hydrogen) atoms. The van der Waals surface area contributed by atoms with Gasteiger partial charge in [0.05, 0.1) is 0 Å². The molecule has 0 bridgehead atoms. The molecular weight excluding hydrogens is 378 g/mol. The second-order valence-corrected chi connectivity index (χ2v) is 9.80. The van der Waals surface area contributed by atoms with Crippen LogP contribution in [-0.4, -0.2) is 22.1 Å². The van der Waals surface area contributed by atoms with Crippen LogP contribution in [0.25, 0.3) is 11.6 Å². The highest BCUT2D eigenvalue weighted by Gasteiger charge is 2.29. The van der Waals surface area contributed by atoms with E-state index < -0.39 is 0 Å². The maximum atomic E-state index is 10.8. The maximum absolute atomic E-state index is 10.8. The van der Waals surface area contributed by atoms with Gasteiger partial charge < -0.3 is 5.11 Å². The zero-order chi connectivity index (χ0) is 21.6. The third-order valence-electron chi connectivity index (χ3n) is 7.44. The largest absolute Gasteiger partial charge is 0.507 e. The molecule has 0 amide bonds. The average Bonchev–Trinajstić information content (AvgIpc) is 2.82. The van der Waals surface area contributed by atoms with Crippen molar-refractivity contribution >= 4 is 11.6 Å². The van der Waals surface area contributed by atoms with E-state index in [4.69, 9.17) is 0 Å². The number of aromatic hydroxyl groups is 1. The van der Waals surface area contributed by atoms with Crippen LogP contribution in [-0.2, 0) is 6.54 Å². The Bertz CT molecular complexity index is 855. The van der Waals surface area contributed by atoms with Gasteiger partial charge in [-0.2, -0.15) is 0 Å². The molecule has 0 heterocycles. The van der Waals surface area contributed by atoms with Gasteiger partial charge in [-0.3, -0.25) is 4.90 Å². The molecular formula is C29H39NO. The molecule has 2 nitrogen and oxygen atoms in total. The minimum atomic E-state index is 0.418. The van der Waals surface area contributed by atoms with Crippen LogP contribution in [0.2, 0.25) is 0 Å². The highest BCUT2D eigenvalue weighted by atomic mass is 16.3. The van der Waals surface area contributed by atoms with Crippen LogP contribution in [0.3, 0.4) is 0 Å². The molecule has 0 aliphatic heterocycles. The first-order chi connectivity index (χ1) is 15.1. The van der Waals surface area contributed by atoms with Crippen LogP contribution in [0.5, 0.6) is 5.75 Å². The van der Waals surface area contributed by atoms with E-state index in [1.807, 2.05) is 13.0 Å². The number of hydrogen-bond donors (Lipinski definition) is 1. The molecule has 2 aromatic carbocycles. The summed E-state index contributed by atoms with van der Waals surface area (Å²) in [4.78, 5) is 2.85. The zero-order valence-electron chi connectivity index (χ0n) is 19.4. The number of allylic oxidation sites excluding steroid dienone is 1. The summed E-state index contributed by atoms with van der Waals surface area (Å²) < 4.78 is 0. The van der Waals surface area contributed by atoms with Gasteiger partial charge in [-0.25, -0.2) is 0 Å². The summed E-state index contributed by atoms with van der Waals surface area (Å²) in [6.45, 7) is 5.19. The smallest absolute Gasteiger partial charge is 0.125 e. The SMILES string of the molecule is CC(=Cc1cc(CN(C2CCCCC2)C2CCCCC2)cc(C)c1O)c1ccccc1. The van der Waals surface area contributed by atoms with Gasteiger partial charge in [-0.15, -0.1) is 0 Å². The van der Waals surface area contributed by atoms with Crippen molar-refractivity contribution in [3.8, 4) is 5.75 Å². The van der Waals surface area contributed by atoms with Crippen molar-refractivity contribution < 1.29 is 5.11 Å². The Morgan fingerprint density at radius 1 is 0.903 bits per heavy atom. The van der Waals surface area contributed by atoms with Gasteiger partial charge in [0, 0.05) is 24.2 Å². The van der Waals surface area contributed by atoms with Crippen LogP contribution in [0, 0.1) is 6.92 Å². The Morgan fingerprint density at radius 2 is 1.48 bits per heavy atom. The lowest BCUT2D eigenvalue weighted by Crippen LogP contribution is -2.44. The van der Waals surface area contributed by atoms with Gasteiger partial charge in [0.2, 0.25) is 0 Å². The number of rotatable bonds is 6. The summed E-state index contributed by atoms with van der Waals surface area (Å²) in [5.74, 6) is 0.418. The van der Waals surface area contributed by atoms with Gasteiger partial charge in [-0.1, -0.05) is 74.9 Å². The summed E-state index contributed by atoms with van der Waals surface area (Å²) in [6.07, 6.45) is 15.9. The topological polar surface area (TPSA) is 23.5 Å². The van der Waals surface area contributed by atoms with Crippen molar-refractivity contribution in [2.75, 3.05) is 0 Å². The number of aryl methyl sites for hydroxylation is 1. The van der Waals surface area contributed by atoms with E-state index in [1.54, 1.807) is 0 Å². The molecule has 0 unspecified atom stereocenters. The van der Waals surface area contributed by atoms with Crippen molar-refractivity contribution in [3.63, 3.8) is 0 Å². The monoisotopic (exact) mass is 417 g/mol. The van der Waals surface area contributed by atoms with Crippen LogP contribution < -0.4 is 0 Å². The fourth-order valence-electron chi connectivity index (χ4n) is 5.70. The van der Waals surface area contributed by atoms with Gasteiger partial charge in [0.1, 0.15) is 5.75 Å². The standard InChI is InChI=1S/C29H39NO/c1-22(25-12-6-3-7-13-25)19-26-20-24(18-23(2)29(26)31)21-30(27-14-8-4-9-15-27)28-16-10-5-11-17-28/h3,6-7,12-13,18-20,27-28,31H,4-5,8-11,14-17,21H2,1-2H3. The predicted octanol–water partition coefficient (Wildman–Crippen LogP) is 7.73. The van der Waals surface area contributed by atoms with Crippen molar-refractivity contribution in [1.29, 1.82) is 0 Å². The third-order valence-corrected chi connectivity index (χ3v) is 7.44. The first-order valence-corrected chi connectivity index (χ1v) is 12.4. The normalized spacial score (nSPS) is 19.1. The molecule has 2 heteroatoms. The van der Waals surface area contributed by atoms with E-state index in [9.17, 15) is 5.11 Å². The van der Waals surface area contributed by atoms with Crippen molar-refractivity contribution in [2.45, 2.75) is 96.7 Å². The quantitative estimate of drug-likeness (QED) is 0.486. The summed E-state index contributed by atoms with van der Waals surface area (Å²) in [5, 5.41) is 10.8. The second-order valence-electron chi connectivity index (χ2n) is 9.80. The number of phenols is 1. The molecule has 1 N–H and O–H groups in total. The highest BCUT2D eigenvalue weighted by molar-refractivity contribution is 5.82. The van der Waals surface area contributed by atoms with E-state index in [0.717, 1.165) is 29.8 Å². The summed E-state index contributed by atoms with van der Waals surface area (Å²) >= 11 is 0. The molecule has 2 aliphatic rings. The van der Waals surface area contributed by atoms with Gasteiger partial charge >= 0.3 is 0 Å². The maximum Gasteiger partial charge on any atom is 0.125 e. The summed E-state index contributed by atoms with van der Waals surface area (Å²) in [7, 11) is 0. The molecule has 166 valence electrons. The van der Waals surface area contributed by atoms with Gasteiger partial charge in [0.15, 0.2) is 0 Å². The molecule has 2 aliphatic carbocycles. The van der Waals surface area contributed by atoms with E-state index in [0.29, 0.717) is 5.75 Å². The Morgan fingerprint density at radius 3 is 2.06 bits per heavy atom. The number of nitrogens with zero attached hydrogens (tertiary/aromatic N) is 1. The molecule has 2 fully saturated rings. The lowest BCUT2D eigenvalue weighted by molar-refractivity contribution is 0.0731. The lowest BCUT2D eigenvalue weighted by atomic mass is 9.88. The van der Waals surface area contributed by atoms with E-state index in [-0.39, 0.29) is 0 Å². The molecule has 0 atom stereocenters. The van der Waals surface area contributed by atoms with E-state index in [1.165, 1.54) is 80.9 Å². The number of hydrogen-bond acceptors (Lipinski definition) is 2. The number of benzene rings is 2. The molecule has 4 rings (SSSR count). The molecule has 0 spiro atoms. The van der Waals surface area contributed by atoms with Crippen LogP contribution in [0.1, 0.15) is 93.4 Å².